The van der Waals surface area contributed by atoms with Crippen LogP contribution < -0.4 is 5.32 Å². The number of piperazine rings is 1. The van der Waals surface area contributed by atoms with Gasteiger partial charge in [-0.05, 0) is 41.1 Å². The summed E-state index contributed by atoms with van der Waals surface area (Å²) in [4.78, 5) is 25.2. The molecule has 2 amide bonds. The van der Waals surface area contributed by atoms with Crippen molar-refractivity contribution in [1.82, 2.24) is 10.2 Å². The molecule has 0 saturated carbocycles. The third-order valence-corrected chi connectivity index (χ3v) is 3.62. The van der Waals surface area contributed by atoms with Crippen molar-refractivity contribution < 1.29 is 14.7 Å². The number of rotatable bonds is 1. The molecule has 96 valence electrons. The Hall–Kier alpha value is -1.56. The molecule has 0 bridgehead atoms. The van der Waals surface area contributed by atoms with E-state index >= 15 is 0 Å². The van der Waals surface area contributed by atoms with Crippen molar-refractivity contribution >= 4 is 27.7 Å². The van der Waals surface area contributed by atoms with Gasteiger partial charge in [0.25, 0.3) is 5.91 Å². The predicted molar refractivity (Wildman–Crippen MR) is 69.3 cm³/mol. The lowest BCUT2D eigenvalue weighted by molar-refractivity contribution is -0.127. The Morgan fingerprint density at radius 3 is 2.94 bits per heavy atom. The van der Waals surface area contributed by atoms with Crippen molar-refractivity contribution in [3.8, 4) is 5.75 Å². The number of phenols is 1. The highest BCUT2D eigenvalue weighted by Crippen LogP contribution is 2.25. The molecule has 0 spiro atoms. The van der Waals surface area contributed by atoms with Crippen molar-refractivity contribution in [2.24, 2.45) is 0 Å². The molecule has 1 heterocycles. The van der Waals surface area contributed by atoms with E-state index in [2.05, 4.69) is 21.2 Å². The molecule has 2 rings (SSSR count). The van der Waals surface area contributed by atoms with Crippen molar-refractivity contribution in [3.05, 3.63) is 28.2 Å². The van der Waals surface area contributed by atoms with Crippen LogP contribution >= 0.6 is 15.9 Å². The second-order valence-electron chi connectivity index (χ2n) is 4.13. The van der Waals surface area contributed by atoms with Gasteiger partial charge in [-0.1, -0.05) is 0 Å². The average Bonchev–Trinajstić information content (AvgIpc) is 2.35. The van der Waals surface area contributed by atoms with E-state index in [9.17, 15) is 14.7 Å². The number of halogens is 1. The molecule has 1 unspecified atom stereocenters. The van der Waals surface area contributed by atoms with Crippen LogP contribution in [0.4, 0.5) is 0 Å². The molecule has 5 nitrogen and oxygen atoms in total. The molecule has 18 heavy (non-hydrogen) atoms. The second-order valence-corrected chi connectivity index (χ2v) is 4.99. The third kappa shape index (κ3) is 2.33. The minimum absolute atomic E-state index is 0.00923. The summed E-state index contributed by atoms with van der Waals surface area (Å²) in [5, 5.41) is 12.3. The van der Waals surface area contributed by atoms with Gasteiger partial charge in [-0.25, -0.2) is 0 Å². The molecule has 0 aliphatic carbocycles. The summed E-state index contributed by atoms with van der Waals surface area (Å²) in [7, 11) is 0. The maximum atomic E-state index is 12.2. The van der Waals surface area contributed by atoms with Gasteiger partial charge in [-0.3, -0.25) is 9.59 Å². The molecule has 1 saturated heterocycles. The van der Waals surface area contributed by atoms with E-state index in [0.717, 1.165) is 0 Å². The zero-order valence-electron chi connectivity index (χ0n) is 9.81. The van der Waals surface area contributed by atoms with Gasteiger partial charge in [0.2, 0.25) is 5.91 Å². The molecule has 1 fully saturated rings. The zero-order chi connectivity index (χ0) is 13.3. The maximum Gasteiger partial charge on any atom is 0.254 e. The summed E-state index contributed by atoms with van der Waals surface area (Å²) >= 11 is 3.16. The molecule has 0 radical (unpaired) electrons. The van der Waals surface area contributed by atoms with Gasteiger partial charge in [0.1, 0.15) is 11.8 Å². The molecular formula is C12H13BrN2O3. The lowest BCUT2D eigenvalue weighted by Gasteiger charge is -2.32. The second kappa shape index (κ2) is 4.97. The van der Waals surface area contributed by atoms with Crippen LogP contribution in [0.25, 0.3) is 0 Å². The lowest BCUT2D eigenvalue weighted by Crippen LogP contribution is -2.55. The van der Waals surface area contributed by atoms with Crippen LogP contribution in [0.1, 0.15) is 17.3 Å². The normalized spacial score (nSPS) is 19.6. The molecule has 0 aromatic heterocycles. The Labute approximate surface area is 113 Å². The minimum atomic E-state index is -0.489. The van der Waals surface area contributed by atoms with E-state index in [1.807, 2.05) is 0 Å². The van der Waals surface area contributed by atoms with Gasteiger partial charge >= 0.3 is 0 Å². The number of aromatic hydroxyl groups is 1. The number of nitrogens with one attached hydrogen (secondary N) is 1. The first-order valence-electron chi connectivity index (χ1n) is 5.58. The van der Waals surface area contributed by atoms with Crippen LogP contribution in [0.2, 0.25) is 0 Å². The number of hydrogen-bond donors (Lipinski definition) is 2. The predicted octanol–water partition coefficient (Wildman–Crippen LogP) is 1.12. The number of carbonyl (C=O) groups excluding carboxylic acids is 2. The van der Waals surface area contributed by atoms with E-state index in [1.165, 1.54) is 11.0 Å². The molecule has 2 N–H and O–H groups in total. The van der Waals surface area contributed by atoms with Crippen LogP contribution in [0, 0.1) is 0 Å². The standard InChI is InChI=1S/C12H13BrN2O3/c1-7-11(17)14-4-5-15(7)12(18)8-2-3-9(13)10(16)6-8/h2-3,6-7,16H,4-5H2,1H3,(H,14,17). The zero-order valence-corrected chi connectivity index (χ0v) is 11.4. The van der Waals surface area contributed by atoms with Gasteiger partial charge in [0, 0.05) is 18.7 Å². The summed E-state index contributed by atoms with van der Waals surface area (Å²) in [5.74, 6) is -0.397. The molecular weight excluding hydrogens is 300 g/mol. The van der Waals surface area contributed by atoms with Gasteiger partial charge < -0.3 is 15.3 Å². The van der Waals surface area contributed by atoms with Crippen LogP contribution in [-0.2, 0) is 4.79 Å². The first-order valence-corrected chi connectivity index (χ1v) is 6.37. The molecule has 1 aromatic rings. The van der Waals surface area contributed by atoms with Crippen LogP contribution in [0.5, 0.6) is 5.75 Å². The fraction of sp³-hybridized carbons (Fsp3) is 0.333. The Kier molecular flexibility index (Phi) is 3.56. The first kappa shape index (κ1) is 12.9. The van der Waals surface area contributed by atoms with Crippen molar-refractivity contribution in [2.45, 2.75) is 13.0 Å². The van der Waals surface area contributed by atoms with E-state index in [4.69, 9.17) is 0 Å². The highest BCUT2D eigenvalue weighted by molar-refractivity contribution is 9.10. The Bertz CT molecular complexity index is 504. The fourth-order valence-electron chi connectivity index (χ4n) is 1.87. The fourth-order valence-corrected chi connectivity index (χ4v) is 2.12. The quantitative estimate of drug-likeness (QED) is 0.816. The molecule has 6 heteroatoms. The topological polar surface area (TPSA) is 69.6 Å². The monoisotopic (exact) mass is 312 g/mol. The number of hydrogen-bond acceptors (Lipinski definition) is 3. The van der Waals surface area contributed by atoms with Crippen molar-refractivity contribution in [1.29, 1.82) is 0 Å². The largest absolute Gasteiger partial charge is 0.507 e. The van der Waals surface area contributed by atoms with Crippen molar-refractivity contribution in [3.63, 3.8) is 0 Å². The lowest BCUT2D eigenvalue weighted by atomic mass is 10.1. The maximum absolute atomic E-state index is 12.2. The molecule has 1 aliphatic heterocycles. The van der Waals surface area contributed by atoms with Gasteiger partial charge in [-0.2, -0.15) is 0 Å². The van der Waals surface area contributed by atoms with E-state index in [-0.39, 0.29) is 17.6 Å². The highest BCUT2D eigenvalue weighted by Gasteiger charge is 2.29. The number of benzene rings is 1. The number of nitrogens with zero attached hydrogens (tertiary/aromatic N) is 1. The van der Waals surface area contributed by atoms with Gasteiger partial charge in [0.05, 0.1) is 4.47 Å². The highest BCUT2D eigenvalue weighted by atomic mass is 79.9. The summed E-state index contributed by atoms with van der Waals surface area (Å²) in [6.45, 7) is 2.62. The smallest absolute Gasteiger partial charge is 0.254 e. The summed E-state index contributed by atoms with van der Waals surface area (Å²) in [6.07, 6.45) is 0. The van der Waals surface area contributed by atoms with Crippen molar-refractivity contribution in [2.75, 3.05) is 13.1 Å². The molecule has 1 aliphatic rings. The van der Waals surface area contributed by atoms with Crippen LogP contribution in [-0.4, -0.2) is 41.0 Å². The average molecular weight is 313 g/mol. The Morgan fingerprint density at radius 1 is 1.56 bits per heavy atom. The van der Waals surface area contributed by atoms with E-state index < -0.39 is 6.04 Å². The Morgan fingerprint density at radius 2 is 2.28 bits per heavy atom. The number of amides is 2. The van der Waals surface area contributed by atoms with Crippen LogP contribution in [0.3, 0.4) is 0 Å². The third-order valence-electron chi connectivity index (χ3n) is 2.95. The summed E-state index contributed by atoms with van der Waals surface area (Å²) in [5.41, 5.74) is 0.372. The molecule has 1 atom stereocenters. The minimum Gasteiger partial charge on any atom is -0.507 e. The number of carbonyl (C=O) groups is 2. The van der Waals surface area contributed by atoms with Crippen LogP contribution in [0.15, 0.2) is 22.7 Å². The SMILES string of the molecule is CC1C(=O)NCCN1C(=O)c1ccc(Br)c(O)c1. The van der Waals surface area contributed by atoms with E-state index in [1.54, 1.807) is 19.1 Å². The van der Waals surface area contributed by atoms with E-state index in [0.29, 0.717) is 23.1 Å². The van der Waals surface area contributed by atoms with Gasteiger partial charge in [0.15, 0.2) is 0 Å². The first-order chi connectivity index (χ1) is 8.50. The number of phenolic OH excluding ortho intramolecular Hbond substituents is 1. The Balaban J connectivity index is 2.25. The molecule has 1 aromatic carbocycles. The summed E-state index contributed by atoms with van der Waals surface area (Å²) in [6, 6.07) is 4.13. The summed E-state index contributed by atoms with van der Waals surface area (Å²) < 4.78 is 0.531. The van der Waals surface area contributed by atoms with Gasteiger partial charge in [-0.15, -0.1) is 0 Å².